The van der Waals surface area contributed by atoms with E-state index in [4.69, 9.17) is 9.15 Å². The molecular formula is C23H23N3O5. The summed E-state index contributed by atoms with van der Waals surface area (Å²) in [4.78, 5) is 22.5. The number of furan rings is 1. The number of benzene rings is 2. The molecule has 0 bridgehead atoms. The van der Waals surface area contributed by atoms with Crippen LogP contribution in [0.4, 0.5) is 5.69 Å². The Kier molecular flexibility index (Phi) is 6.81. The van der Waals surface area contributed by atoms with Crippen molar-refractivity contribution in [2.24, 2.45) is 5.10 Å². The van der Waals surface area contributed by atoms with Crippen LogP contribution in [0.3, 0.4) is 0 Å². The number of nitro groups is 1. The number of hydrazone groups is 1. The average molecular weight is 421 g/mol. The monoisotopic (exact) mass is 421 g/mol. The number of carbonyl (C=O) groups excluding carboxylic acids is 1. The Bertz CT molecular complexity index is 1120. The van der Waals surface area contributed by atoms with Crippen LogP contribution in [-0.4, -0.2) is 23.7 Å². The first-order valence-corrected chi connectivity index (χ1v) is 9.73. The minimum Gasteiger partial charge on any atom is -0.483 e. The van der Waals surface area contributed by atoms with E-state index in [-0.39, 0.29) is 18.2 Å². The van der Waals surface area contributed by atoms with Gasteiger partial charge < -0.3 is 9.15 Å². The summed E-state index contributed by atoms with van der Waals surface area (Å²) < 4.78 is 11.3. The number of aryl methyl sites for hydroxylation is 1. The molecule has 0 unspecified atom stereocenters. The number of hydrogen-bond donors (Lipinski definition) is 1. The Morgan fingerprint density at radius 3 is 2.77 bits per heavy atom. The van der Waals surface area contributed by atoms with Crippen molar-refractivity contribution in [2.45, 2.75) is 26.7 Å². The fourth-order valence-electron chi connectivity index (χ4n) is 2.94. The summed E-state index contributed by atoms with van der Waals surface area (Å²) in [5.74, 6) is 1.40. The molecule has 8 heteroatoms. The third-order valence-electron chi connectivity index (χ3n) is 4.50. The molecule has 0 saturated heterocycles. The van der Waals surface area contributed by atoms with Gasteiger partial charge in [-0.25, -0.2) is 5.43 Å². The molecule has 1 aromatic heterocycles. The Morgan fingerprint density at radius 2 is 2.03 bits per heavy atom. The number of rotatable bonds is 8. The van der Waals surface area contributed by atoms with E-state index in [1.165, 1.54) is 18.3 Å². The van der Waals surface area contributed by atoms with Crippen molar-refractivity contribution in [1.29, 1.82) is 0 Å². The summed E-state index contributed by atoms with van der Waals surface area (Å²) in [6.07, 6.45) is 1.35. The lowest BCUT2D eigenvalue weighted by molar-refractivity contribution is -0.384. The molecule has 3 aromatic rings. The summed E-state index contributed by atoms with van der Waals surface area (Å²) >= 11 is 0. The molecule has 0 atom stereocenters. The van der Waals surface area contributed by atoms with Crippen molar-refractivity contribution in [1.82, 2.24) is 5.43 Å². The van der Waals surface area contributed by atoms with Gasteiger partial charge in [0.2, 0.25) is 0 Å². The lowest BCUT2D eigenvalue weighted by Gasteiger charge is -2.14. The SMILES string of the molecule is Cc1ccc(C(C)C)c(OCC(=O)N/N=C\c2ccc(-c3cccc([N+](=O)[O-])c3)o2)c1. The Hall–Kier alpha value is -3.94. The lowest BCUT2D eigenvalue weighted by Crippen LogP contribution is -2.24. The number of nitrogens with one attached hydrogen (secondary N) is 1. The quantitative estimate of drug-likeness (QED) is 0.319. The summed E-state index contributed by atoms with van der Waals surface area (Å²) in [6.45, 7) is 5.92. The van der Waals surface area contributed by atoms with E-state index >= 15 is 0 Å². The van der Waals surface area contributed by atoms with Crippen LogP contribution >= 0.6 is 0 Å². The first-order valence-electron chi connectivity index (χ1n) is 9.73. The molecule has 0 aliphatic carbocycles. The van der Waals surface area contributed by atoms with E-state index in [2.05, 4.69) is 24.4 Å². The van der Waals surface area contributed by atoms with Gasteiger partial charge in [-0.05, 0) is 42.2 Å². The second-order valence-electron chi connectivity index (χ2n) is 7.29. The van der Waals surface area contributed by atoms with Gasteiger partial charge in [0.25, 0.3) is 11.6 Å². The summed E-state index contributed by atoms with van der Waals surface area (Å²) in [7, 11) is 0. The van der Waals surface area contributed by atoms with Crippen molar-refractivity contribution >= 4 is 17.8 Å². The number of ether oxygens (including phenoxy) is 1. The highest BCUT2D eigenvalue weighted by molar-refractivity contribution is 5.81. The molecule has 2 aromatic carbocycles. The van der Waals surface area contributed by atoms with E-state index in [1.54, 1.807) is 24.3 Å². The van der Waals surface area contributed by atoms with Crippen molar-refractivity contribution < 1.29 is 18.9 Å². The molecule has 31 heavy (non-hydrogen) atoms. The molecule has 1 N–H and O–H groups in total. The van der Waals surface area contributed by atoms with Crippen molar-refractivity contribution in [2.75, 3.05) is 6.61 Å². The third-order valence-corrected chi connectivity index (χ3v) is 4.50. The standard InChI is InChI=1S/C23H23N3O5/c1-15(2)20-9-7-16(3)11-22(20)30-14-23(27)25-24-13-19-8-10-21(31-19)17-5-4-6-18(12-17)26(28)29/h4-13,15H,14H2,1-3H3,(H,25,27)/b24-13-. The Labute approximate surface area is 179 Å². The summed E-state index contributed by atoms with van der Waals surface area (Å²) in [5, 5.41) is 14.8. The second-order valence-corrected chi connectivity index (χ2v) is 7.29. The summed E-state index contributed by atoms with van der Waals surface area (Å²) in [6, 6.07) is 15.4. The van der Waals surface area contributed by atoms with Gasteiger partial charge in [-0.2, -0.15) is 5.10 Å². The molecule has 0 spiro atoms. The number of carbonyl (C=O) groups is 1. The maximum absolute atomic E-state index is 12.1. The Morgan fingerprint density at radius 1 is 1.23 bits per heavy atom. The number of nitrogens with zero attached hydrogens (tertiary/aromatic N) is 2. The first kappa shape index (κ1) is 21.8. The van der Waals surface area contributed by atoms with Crippen molar-refractivity contribution in [3.8, 4) is 17.1 Å². The number of non-ortho nitro benzene ring substituents is 1. The van der Waals surface area contributed by atoms with Gasteiger partial charge in [0, 0.05) is 17.7 Å². The predicted octanol–water partition coefficient (Wildman–Crippen LogP) is 4.82. The number of hydrogen-bond acceptors (Lipinski definition) is 6. The zero-order valence-electron chi connectivity index (χ0n) is 17.5. The smallest absolute Gasteiger partial charge is 0.277 e. The molecule has 0 aliphatic heterocycles. The van der Waals surface area contributed by atoms with Crippen molar-refractivity contribution in [3.63, 3.8) is 0 Å². The topological polar surface area (TPSA) is 107 Å². The van der Waals surface area contributed by atoms with E-state index in [0.717, 1.165) is 11.1 Å². The van der Waals surface area contributed by atoms with Crippen molar-refractivity contribution in [3.05, 3.63) is 81.6 Å². The zero-order valence-corrected chi connectivity index (χ0v) is 17.5. The molecule has 1 amide bonds. The molecular weight excluding hydrogens is 398 g/mol. The van der Waals surface area contributed by atoms with Gasteiger partial charge in [0.15, 0.2) is 6.61 Å². The van der Waals surface area contributed by atoms with Crippen LogP contribution in [0.5, 0.6) is 5.75 Å². The highest BCUT2D eigenvalue weighted by Gasteiger charge is 2.11. The molecule has 0 fully saturated rings. The third kappa shape index (κ3) is 5.79. The normalized spacial score (nSPS) is 11.1. The zero-order chi connectivity index (χ0) is 22.4. The van der Waals surface area contributed by atoms with Gasteiger partial charge in [0.1, 0.15) is 17.3 Å². The van der Waals surface area contributed by atoms with Gasteiger partial charge in [0.05, 0.1) is 11.1 Å². The van der Waals surface area contributed by atoms with Gasteiger partial charge in [-0.3, -0.25) is 14.9 Å². The fraction of sp³-hybridized carbons (Fsp3) is 0.217. The van der Waals surface area contributed by atoms with E-state index in [9.17, 15) is 14.9 Å². The van der Waals surface area contributed by atoms with Gasteiger partial charge in [-0.15, -0.1) is 0 Å². The van der Waals surface area contributed by atoms with Crippen LogP contribution in [0, 0.1) is 17.0 Å². The molecule has 0 aliphatic rings. The van der Waals surface area contributed by atoms with Crippen LogP contribution in [0.2, 0.25) is 0 Å². The molecule has 8 nitrogen and oxygen atoms in total. The minimum atomic E-state index is -0.465. The van der Waals surface area contributed by atoms with Gasteiger partial charge in [-0.1, -0.05) is 38.1 Å². The predicted molar refractivity (Wildman–Crippen MR) is 117 cm³/mol. The lowest BCUT2D eigenvalue weighted by atomic mass is 10.0. The maximum atomic E-state index is 12.1. The number of amides is 1. The molecule has 160 valence electrons. The maximum Gasteiger partial charge on any atom is 0.277 e. The number of nitro benzene ring substituents is 1. The molecule has 3 rings (SSSR count). The fourth-order valence-corrected chi connectivity index (χ4v) is 2.94. The summed E-state index contributed by atoms with van der Waals surface area (Å²) in [5.41, 5.74) is 5.03. The Balaban J connectivity index is 1.57. The largest absolute Gasteiger partial charge is 0.483 e. The molecule has 0 radical (unpaired) electrons. The van der Waals surface area contributed by atoms with E-state index in [0.29, 0.717) is 22.8 Å². The van der Waals surface area contributed by atoms with E-state index in [1.807, 2.05) is 25.1 Å². The van der Waals surface area contributed by atoms with Crippen LogP contribution in [0.15, 0.2) is 64.1 Å². The van der Waals surface area contributed by atoms with Crippen LogP contribution in [0.25, 0.3) is 11.3 Å². The highest BCUT2D eigenvalue weighted by Crippen LogP contribution is 2.27. The van der Waals surface area contributed by atoms with E-state index < -0.39 is 10.8 Å². The highest BCUT2D eigenvalue weighted by atomic mass is 16.6. The minimum absolute atomic E-state index is 0.0226. The van der Waals surface area contributed by atoms with Crippen LogP contribution < -0.4 is 10.2 Å². The van der Waals surface area contributed by atoms with Gasteiger partial charge >= 0.3 is 0 Å². The molecule has 1 heterocycles. The van der Waals surface area contributed by atoms with Crippen LogP contribution in [0.1, 0.15) is 36.7 Å². The first-order chi connectivity index (χ1) is 14.8. The molecule has 0 saturated carbocycles. The second kappa shape index (κ2) is 9.71. The van der Waals surface area contributed by atoms with Crippen LogP contribution in [-0.2, 0) is 4.79 Å². The average Bonchev–Trinajstić information content (AvgIpc) is 3.21.